The summed E-state index contributed by atoms with van der Waals surface area (Å²) < 4.78 is 18.6. The Morgan fingerprint density at radius 1 is 1.44 bits per heavy atom. The van der Waals surface area contributed by atoms with Crippen molar-refractivity contribution in [1.82, 2.24) is 0 Å². The zero-order chi connectivity index (χ0) is 11.4. The van der Waals surface area contributed by atoms with E-state index < -0.39 is 26.5 Å². The van der Waals surface area contributed by atoms with Crippen LogP contribution < -0.4 is 113 Å². The van der Waals surface area contributed by atoms with Gasteiger partial charge in [0.15, 0.2) is 0 Å². The molecule has 0 saturated carbocycles. The monoisotopic (exact) mass is 300 g/mol. The summed E-state index contributed by atoms with van der Waals surface area (Å²) in [6.45, 7) is 5.69. The Hall–Kier alpha value is 2.59. The van der Waals surface area contributed by atoms with Gasteiger partial charge in [-0.05, 0) is 13.8 Å². The molecule has 0 aromatic heterocycles. The summed E-state index contributed by atoms with van der Waals surface area (Å²) in [5.74, 6) is -0.660. The van der Waals surface area contributed by atoms with Crippen LogP contribution in [-0.2, 0) is 18.6 Å². The maximum absolute atomic E-state index is 10.9. The average Bonchev–Trinajstić information content (AvgIpc) is 1.99. The van der Waals surface area contributed by atoms with Crippen LogP contribution in [0.25, 0.3) is 0 Å². The van der Waals surface area contributed by atoms with Crippen LogP contribution >= 0.6 is 7.82 Å². The molecule has 0 amide bonds. The van der Waals surface area contributed by atoms with Gasteiger partial charge in [-0.2, -0.15) is 0 Å². The van der Waals surface area contributed by atoms with E-state index in [9.17, 15) is 19.1 Å². The molecular weight excluding hydrogens is 289 g/mol. The van der Waals surface area contributed by atoms with Crippen molar-refractivity contribution in [1.29, 1.82) is 0 Å². The van der Waals surface area contributed by atoms with Crippen LogP contribution in [0.2, 0.25) is 0 Å². The summed E-state index contributed by atoms with van der Waals surface area (Å²) in [7, 11) is -5.00. The van der Waals surface area contributed by atoms with Crippen molar-refractivity contribution in [2.24, 2.45) is 0 Å². The molecule has 0 bridgehead atoms. The molecule has 0 saturated heterocycles. The van der Waals surface area contributed by atoms with Crippen LogP contribution in [0.15, 0.2) is 12.2 Å². The summed E-state index contributed by atoms with van der Waals surface area (Å²) in [6.07, 6.45) is -0.810. The minimum atomic E-state index is -5.00. The van der Waals surface area contributed by atoms with E-state index in [0.717, 1.165) is 0 Å². The van der Waals surface area contributed by atoms with Gasteiger partial charge in [0.1, 0.15) is 6.10 Å². The van der Waals surface area contributed by atoms with Crippen molar-refractivity contribution in [2.75, 3.05) is 6.61 Å². The third kappa shape index (κ3) is 14.7. The molecule has 0 rings (SSSR count). The van der Waals surface area contributed by atoms with Crippen LogP contribution in [0.3, 0.4) is 0 Å². The van der Waals surface area contributed by atoms with Gasteiger partial charge in [0.05, 0.1) is 14.4 Å². The number of phosphoric acid groups is 1. The Kier molecular flexibility index (Phi) is 16.9. The Morgan fingerprint density at radius 2 is 1.88 bits per heavy atom. The Balaban J connectivity index is -0.000000845. The summed E-state index contributed by atoms with van der Waals surface area (Å²) in [5.41, 5.74) is 0.185. The van der Waals surface area contributed by atoms with E-state index >= 15 is 0 Å². The Bertz CT molecular complexity index is 276. The molecule has 1 atom stereocenters. The van der Waals surface area contributed by atoms with Crippen LogP contribution in [-0.4, -0.2) is 18.7 Å². The molecule has 0 spiro atoms. The number of carbonyl (C=O) groups excluding carboxylic acids is 1. The van der Waals surface area contributed by atoms with Crippen molar-refractivity contribution < 1.29 is 131 Å². The molecular formula is C7H11K2O6P. The molecule has 0 aromatic rings. The van der Waals surface area contributed by atoms with Gasteiger partial charge in [0, 0.05) is 5.57 Å². The molecule has 0 fully saturated rings. The van der Waals surface area contributed by atoms with Crippen LogP contribution in [0.4, 0.5) is 0 Å². The summed E-state index contributed by atoms with van der Waals surface area (Å²) in [4.78, 5) is 31.0. The first kappa shape index (κ1) is 23.7. The molecule has 0 aliphatic rings. The molecule has 6 nitrogen and oxygen atoms in total. The van der Waals surface area contributed by atoms with Gasteiger partial charge in [-0.25, -0.2) is 4.79 Å². The van der Waals surface area contributed by atoms with Gasteiger partial charge >= 0.3 is 109 Å². The van der Waals surface area contributed by atoms with E-state index in [4.69, 9.17) is 0 Å². The van der Waals surface area contributed by atoms with Gasteiger partial charge in [-0.3, -0.25) is 0 Å². The van der Waals surface area contributed by atoms with Crippen LogP contribution in [0.5, 0.6) is 0 Å². The molecule has 16 heavy (non-hydrogen) atoms. The fraction of sp³-hybridized carbons (Fsp3) is 0.571. The summed E-state index contributed by atoms with van der Waals surface area (Å²) in [5, 5.41) is 0. The third-order valence-electron chi connectivity index (χ3n) is 1.12. The molecule has 0 aliphatic heterocycles. The molecule has 0 radical (unpaired) electrons. The molecule has 0 aromatic carbocycles. The normalized spacial score (nSPS) is 11.8. The molecule has 9 heteroatoms. The minimum Gasteiger partial charge on any atom is -0.790 e. The van der Waals surface area contributed by atoms with Crippen LogP contribution in [0.1, 0.15) is 13.8 Å². The van der Waals surface area contributed by atoms with E-state index in [0.29, 0.717) is 0 Å². The fourth-order valence-corrected chi connectivity index (χ4v) is 0.906. The number of rotatable bonds is 5. The van der Waals surface area contributed by atoms with E-state index in [2.05, 4.69) is 15.8 Å². The van der Waals surface area contributed by atoms with E-state index in [1.165, 1.54) is 13.8 Å². The second-order valence-corrected chi connectivity index (χ2v) is 3.89. The summed E-state index contributed by atoms with van der Waals surface area (Å²) >= 11 is 0. The smallest absolute Gasteiger partial charge is 0.790 e. The Labute approximate surface area is 180 Å². The SMILES string of the molecule is C=C(C)C(=O)OC(C)COP(=O)([O-])[O-].[K+].[K+]. The van der Waals surface area contributed by atoms with E-state index in [-0.39, 0.29) is 108 Å². The molecule has 0 N–H and O–H groups in total. The fourth-order valence-electron chi connectivity index (χ4n) is 0.514. The number of hydrogen-bond donors (Lipinski definition) is 0. The van der Waals surface area contributed by atoms with Gasteiger partial charge in [0.2, 0.25) is 0 Å². The van der Waals surface area contributed by atoms with Crippen molar-refractivity contribution in [3.05, 3.63) is 12.2 Å². The zero-order valence-corrected chi connectivity index (χ0v) is 17.0. The molecule has 1 unspecified atom stereocenters. The predicted molar refractivity (Wildman–Crippen MR) is 43.9 cm³/mol. The van der Waals surface area contributed by atoms with Crippen molar-refractivity contribution in [3.63, 3.8) is 0 Å². The third-order valence-corrected chi connectivity index (χ3v) is 1.59. The first-order valence-electron chi connectivity index (χ1n) is 3.75. The van der Waals surface area contributed by atoms with Gasteiger partial charge < -0.3 is 23.6 Å². The quantitative estimate of drug-likeness (QED) is 0.217. The number of phosphoric ester groups is 1. The second kappa shape index (κ2) is 11.4. The second-order valence-electron chi connectivity index (χ2n) is 2.74. The molecule has 82 valence electrons. The molecule has 0 aliphatic carbocycles. The topological polar surface area (TPSA) is 98.7 Å². The van der Waals surface area contributed by atoms with Gasteiger partial charge in [0.25, 0.3) is 0 Å². The number of carbonyl (C=O) groups is 1. The number of esters is 1. The zero-order valence-electron chi connectivity index (χ0n) is 9.89. The van der Waals surface area contributed by atoms with E-state index in [1.807, 2.05) is 0 Å². The van der Waals surface area contributed by atoms with Crippen LogP contribution in [0, 0.1) is 0 Å². The Morgan fingerprint density at radius 3 is 2.19 bits per heavy atom. The first-order valence-corrected chi connectivity index (χ1v) is 5.21. The van der Waals surface area contributed by atoms with E-state index in [1.54, 1.807) is 0 Å². The van der Waals surface area contributed by atoms with Crippen molar-refractivity contribution in [2.45, 2.75) is 20.0 Å². The maximum atomic E-state index is 10.9. The number of ether oxygens (including phenoxy) is 1. The summed E-state index contributed by atoms with van der Waals surface area (Å²) in [6, 6.07) is 0. The minimum absolute atomic E-state index is 0. The van der Waals surface area contributed by atoms with Crippen molar-refractivity contribution >= 4 is 13.8 Å². The first-order chi connectivity index (χ1) is 6.22. The molecule has 0 heterocycles. The average molecular weight is 300 g/mol. The van der Waals surface area contributed by atoms with Gasteiger partial charge in [-0.1, -0.05) is 6.58 Å². The van der Waals surface area contributed by atoms with Gasteiger partial charge in [-0.15, -0.1) is 0 Å². The predicted octanol–water partition coefficient (Wildman–Crippen LogP) is -6.65. The maximum Gasteiger partial charge on any atom is 1.00 e. The largest absolute Gasteiger partial charge is 1.00 e. The number of hydrogen-bond acceptors (Lipinski definition) is 6. The standard InChI is InChI=1S/C7H13O6P.2K/c1-5(2)7(8)13-6(3)4-12-14(9,10)11;;/h6H,1,4H2,2-3H3,(H2,9,10,11);;/q;2*+1/p-2. The van der Waals surface area contributed by atoms with Crippen molar-refractivity contribution in [3.8, 4) is 0 Å².